The van der Waals surface area contributed by atoms with Crippen molar-refractivity contribution >= 4 is 17.8 Å². The SMILES string of the molecule is C[C@H](CCC(=O)N/N=C/c1ccc([N+](=O)[O-])cc1)[C@H]1CC[C@H]2[C@@H]3CC[C@H]4C[C@H](O)CC[C@]4(C)[C@H]3C[C@H](O)[C@]12C. The Balaban J connectivity index is 1.17. The van der Waals surface area contributed by atoms with Gasteiger partial charge in [-0.25, -0.2) is 5.43 Å². The van der Waals surface area contributed by atoms with Crippen LogP contribution in [0, 0.1) is 56.5 Å². The van der Waals surface area contributed by atoms with Gasteiger partial charge < -0.3 is 10.2 Å². The fourth-order valence-corrected chi connectivity index (χ4v) is 9.64. The lowest BCUT2D eigenvalue weighted by Gasteiger charge is -2.62. The number of aliphatic hydroxyl groups excluding tert-OH is 2. The molecular formula is C31H45N3O5. The second-order valence-corrected chi connectivity index (χ2v) is 13.5. The standard InChI is InChI=1S/C31H45N3O5/c1-19(4-13-29(37)33-32-18-20-5-8-22(9-6-20)34(38)39)25-11-12-26-24-10-7-21-16-23(35)14-15-30(21,2)27(24)17-28(36)31(25,26)3/h5-6,8-9,18-19,21,23-28,35-36H,4,7,10-17H2,1-3H3,(H,33,37)/b32-18+/t19-,21+,23-,24+,25-,26+,27+,28+,30+,31-/m1/s1. The molecule has 5 rings (SSSR count). The number of rotatable bonds is 7. The Bertz CT molecular complexity index is 1090. The number of hydrazone groups is 1. The predicted octanol–water partition coefficient (Wildman–Crippen LogP) is 5.45. The summed E-state index contributed by atoms with van der Waals surface area (Å²) in [5, 5.41) is 36.8. The number of nitrogens with zero attached hydrogens (tertiary/aromatic N) is 2. The van der Waals surface area contributed by atoms with Crippen LogP contribution in [-0.4, -0.2) is 39.5 Å². The Kier molecular flexibility index (Phi) is 7.90. The Hall–Kier alpha value is -2.32. The molecule has 4 aliphatic rings. The first-order valence-corrected chi connectivity index (χ1v) is 15.0. The van der Waals surface area contributed by atoms with Crippen molar-refractivity contribution in [3.8, 4) is 0 Å². The second kappa shape index (κ2) is 10.9. The first-order chi connectivity index (χ1) is 18.5. The maximum Gasteiger partial charge on any atom is 0.269 e. The van der Waals surface area contributed by atoms with E-state index < -0.39 is 4.92 Å². The average Bonchev–Trinajstić information content (AvgIpc) is 3.27. The minimum absolute atomic E-state index is 0.0160. The van der Waals surface area contributed by atoms with E-state index in [0.717, 1.165) is 38.5 Å². The van der Waals surface area contributed by atoms with E-state index in [1.165, 1.54) is 37.6 Å². The van der Waals surface area contributed by atoms with Crippen molar-refractivity contribution in [1.29, 1.82) is 0 Å². The van der Waals surface area contributed by atoms with Crippen LogP contribution in [0.15, 0.2) is 29.4 Å². The number of nitro benzene ring substituents is 1. The summed E-state index contributed by atoms with van der Waals surface area (Å²) >= 11 is 0. The lowest BCUT2D eigenvalue weighted by atomic mass is 9.43. The van der Waals surface area contributed by atoms with E-state index >= 15 is 0 Å². The van der Waals surface area contributed by atoms with Crippen LogP contribution in [0.3, 0.4) is 0 Å². The Morgan fingerprint density at radius 2 is 1.87 bits per heavy atom. The van der Waals surface area contributed by atoms with Gasteiger partial charge in [-0.2, -0.15) is 5.10 Å². The molecule has 0 spiro atoms. The molecule has 10 atom stereocenters. The van der Waals surface area contributed by atoms with E-state index in [9.17, 15) is 25.1 Å². The molecule has 0 saturated heterocycles. The van der Waals surface area contributed by atoms with E-state index in [1.54, 1.807) is 12.1 Å². The topological polar surface area (TPSA) is 125 Å². The Morgan fingerprint density at radius 1 is 1.13 bits per heavy atom. The third-order valence-electron chi connectivity index (χ3n) is 11.8. The number of hydrogen-bond donors (Lipinski definition) is 3. The Morgan fingerprint density at radius 3 is 2.59 bits per heavy atom. The fraction of sp³-hybridized carbons (Fsp3) is 0.742. The highest BCUT2D eigenvalue weighted by Crippen LogP contribution is 2.68. The summed E-state index contributed by atoms with van der Waals surface area (Å²) in [7, 11) is 0. The molecule has 39 heavy (non-hydrogen) atoms. The minimum atomic E-state index is -0.449. The van der Waals surface area contributed by atoms with Crippen LogP contribution in [0.4, 0.5) is 5.69 Å². The molecule has 8 heteroatoms. The van der Waals surface area contributed by atoms with Crippen molar-refractivity contribution in [3.63, 3.8) is 0 Å². The number of nitrogens with one attached hydrogen (secondary N) is 1. The van der Waals surface area contributed by atoms with Gasteiger partial charge in [0.25, 0.3) is 5.69 Å². The molecule has 0 aliphatic heterocycles. The molecule has 4 fully saturated rings. The minimum Gasteiger partial charge on any atom is -0.393 e. The van der Waals surface area contributed by atoms with Gasteiger partial charge >= 0.3 is 0 Å². The molecule has 0 radical (unpaired) electrons. The van der Waals surface area contributed by atoms with Gasteiger partial charge in [0.2, 0.25) is 5.91 Å². The number of carbonyl (C=O) groups is 1. The average molecular weight is 540 g/mol. The lowest BCUT2D eigenvalue weighted by Crippen LogP contribution is -2.58. The van der Waals surface area contributed by atoms with Gasteiger partial charge in [-0.1, -0.05) is 20.8 Å². The number of benzene rings is 1. The summed E-state index contributed by atoms with van der Waals surface area (Å²) in [6.45, 7) is 7.03. The number of hydrogen-bond acceptors (Lipinski definition) is 6. The molecular weight excluding hydrogens is 494 g/mol. The summed E-state index contributed by atoms with van der Waals surface area (Å²) in [5.74, 6) is 2.89. The molecule has 4 saturated carbocycles. The summed E-state index contributed by atoms with van der Waals surface area (Å²) in [6.07, 6.45) is 10.6. The van der Waals surface area contributed by atoms with Gasteiger partial charge in [0.05, 0.1) is 23.3 Å². The number of fused-ring (bicyclic) bond motifs is 5. The van der Waals surface area contributed by atoms with E-state index in [1.807, 2.05) is 0 Å². The second-order valence-electron chi connectivity index (χ2n) is 13.5. The van der Waals surface area contributed by atoms with E-state index in [2.05, 4.69) is 31.3 Å². The van der Waals surface area contributed by atoms with Gasteiger partial charge in [-0.15, -0.1) is 0 Å². The normalized spacial score (nSPS) is 40.4. The molecule has 0 bridgehead atoms. The van der Waals surface area contributed by atoms with Crippen molar-refractivity contribution in [1.82, 2.24) is 5.43 Å². The van der Waals surface area contributed by atoms with Crippen molar-refractivity contribution in [2.45, 2.75) is 97.2 Å². The third kappa shape index (κ3) is 5.15. The first kappa shape index (κ1) is 28.2. The fourth-order valence-electron chi connectivity index (χ4n) is 9.64. The van der Waals surface area contributed by atoms with Gasteiger partial charge in [-0.3, -0.25) is 14.9 Å². The van der Waals surface area contributed by atoms with Crippen molar-refractivity contribution < 1.29 is 19.9 Å². The van der Waals surface area contributed by atoms with Crippen molar-refractivity contribution in [2.75, 3.05) is 0 Å². The summed E-state index contributed by atoms with van der Waals surface area (Å²) < 4.78 is 0. The largest absolute Gasteiger partial charge is 0.393 e. The molecule has 0 unspecified atom stereocenters. The number of nitro groups is 1. The Labute approximate surface area is 231 Å². The van der Waals surface area contributed by atoms with Crippen molar-refractivity contribution in [3.05, 3.63) is 39.9 Å². The summed E-state index contributed by atoms with van der Waals surface area (Å²) in [4.78, 5) is 22.9. The van der Waals surface area contributed by atoms with Gasteiger partial charge in [0.15, 0.2) is 0 Å². The van der Waals surface area contributed by atoms with E-state index in [4.69, 9.17) is 0 Å². The van der Waals surface area contributed by atoms with Crippen LogP contribution in [-0.2, 0) is 4.79 Å². The highest BCUT2D eigenvalue weighted by molar-refractivity contribution is 5.82. The third-order valence-corrected chi connectivity index (χ3v) is 11.8. The van der Waals surface area contributed by atoms with Crippen LogP contribution in [0.2, 0.25) is 0 Å². The molecule has 1 aromatic carbocycles. The quantitative estimate of drug-likeness (QED) is 0.241. The zero-order valence-electron chi connectivity index (χ0n) is 23.6. The zero-order valence-corrected chi connectivity index (χ0v) is 23.6. The number of carbonyl (C=O) groups excluding carboxylic acids is 1. The van der Waals surface area contributed by atoms with E-state index in [-0.39, 0.29) is 34.6 Å². The number of amides is 1. The van der Waals surface area contributed by atoms with Crippen LogP contribution < -0.4 is 5.43 Å². The van der Waals surface area contributed by atoms with E-state index in [0.29, 0.717) is 47.5 Å². The molecule has 1 amide bonds. The zero-order chi connectivity index (χ0) is 27.9. The van der Waals surface area contributed by atoms with Crippen LogP contribution in [0.25, 0.3) is 0 Å². The molecule has 8 nitrogen and oxygen atoms in total. The van der Waals surface area contributed by atoms with Crippen molar-refractivity contribution in [2.24, 2.45) is 51.4 Å². The molecule has 214 valence electrons. The highest BCUT2D eigenvalue weighted by atomic mass is 16.6. The van der Waals surface area contributed by atoms with Crippen LogP contribution >= 0.6 is 0 Å². The van der Waals surface area contributed by atoms with Gasteiger partial charge in [-0.05, 0) is 122 Å². The molecule has 0 heterocycles. The summed E-state index contributed by atoms with van der Waals surface area (Å²) in [6, 6.07) is 6.01. The highest BCUT2D eigenvalue weighted by Gasteiger charge is 2.63. The maximum absolute atomic E-state index is 12.5. The monoisotopic (exact) mass is 539 g/mol. The number of non-ortho nitro benzene ring substituents is 1. The molecule has 4 aliphatic carbocycles. The smallest absolute Gasteiger partial charge is 0.269 e. The van der Waals surface area contributed by atoms with Gasteiger partial charge in [0.1, 0.15) is 0 Å². The van der Waals surface area contributed by atoms with Crippen LogP contribution in [0.1, 0.15) is 90.5 Å². The molecule has 0 aromatic heterocycles. The maximum atomic E-state index is 12.5. The predicted molar refractivity (Wildman–Crippen MR) is 150 cm³/mol. The molecule has 1 aromatic rings. The van der Waals surface area contributed by atoms with Gasteiger partial charge in [0, 0.05) is 18.6 Å². The summed E-state index contributed by atoms with van der Waals surface area (Å²) in [5.41, 5.74) is 3.41. The lowest BCUT2D eigenvalue weighted by molar-refractivity contribution is -0.384. The first-order valence-electron chi connectivity index (χ1n) is 15.0. The molecule has 3 N–H and O–H groups in total. The van der Waals surface area contributed by atoms with Crippen LogP contribution in [0.5, 0.6) is 0 Å². The number of aliphatic hydroxyl groups is 2.